The largest absolute Gasteiger partial charge is 0.341 e. The average molecular weight is 234 g/mol. The van der Waals surface area contributed by atoms with Crippen LogP contribution in [0.2, 0.25) is 0 Å². The highest BCUT2D eigenvalue weighted by atomic mass is 16.2. The molecule has 0 aliphatic carbocycles. The van der Waals surface area contributed by atoms with Gasteiger partial charge < -0.3 is 10.6 Å². The highest BCUT2D eigenvalue weighted by Crippen LogP contribution is 2.08. The zero-order valence-corrected chi connectivity index (χ0v) is 10.9. The second-order valence-electron chi connectivity index (χ2n) is 4.82. The molecule has 0 bridgehead atoms. The number of carbonyl (C=O) groups excluding carboxylic acids is 1. The van der Waals surface area contributed by atoms with E-state index in [9.17, 15) is 4.79 Å². The third kappa shape index (κ3) is 4.19. The maximum Gasteiger partial charge on any atom is 0.253 e. The number of carbonyl (C=O) groups is 1. The molecule has 1 rings (SSSR count). The number of hydrogen-bond donors (Lipinski definition) is 1. The van der Waals surface area contributed by atoms with Crippen LogP contribution < -0.4 is 5.73 Å². The van der Waals surface area contributed by atoms with E-state index in [4.69, 9.17) is 5.73 Å². The topological polar surface area (TPSA) is 46.3 Å². The van der Waals surface area contributed by atoms with Gasteiger partial charge in [-0.25, -0.2) is 0 Å². The molecule has 2 N–H and O–H groups in total. The van der Waals surface area contributed by atoms with Crippen LogP contribution in [0.3, 0.4) is 0 Å². The second kappa shape index (κ2) is 6.40. The molecule has 0 saturated carbocycles. The minimum atomic E-state index is 0.0815. The van der Waals surface area contributed by atoms with Crippen molar-refractivity contribution in [1.82, 2.24) is 4.90 Å². The lowest BCUT2D eigenvalue weighted by atomic mass is 10.1. The molecule has 94 valence electrons. The summed E-state index contributed by atoms with van der Waals surface area (Å²) in [4.78, 5) is 13.8. The Morgan fingerprint density at radius 3 is 2.35 bits per heavy atom. The molecule has 1 amide bonds. The molecule has 0 saturated heterocycles. The van der Waals surface area contributed by atoms with Crippen molar-refractivity contribution in [3.8, 4) is 0 Å². The van der Waals surface area contributed by atoms with Crippen molar-refractivity contribution in [2.24, 2.45) is 11.7 Å². The van der Waals surface area contributed by atoms with Gasteiger partial charge in [0, 0.05) is 19.2 Å². The van der Waals surface area contributed by atoms with E-state index < -0.39 is 0 Å². The highest BCUT2D eigenvalue weighted by molar-refractivity contribution is 5.94. The zero-order valence-electron chi connectivity index (χ0n) is 10.9. The first-order chi connectivity index (χ1) is 8.04. The van der Waals surface area contributed by atoms with Crippen LogP contribution in [0, 0.1) is 5.92 Å². The zero-order chi connectivity index (χ0) is 12.8. The molecule has 0 atom stereocenters. The Labute approximate surface area is 104 Å². The molecular weight excluding hydrogens is 212 g/mol. The van der Waals surface area contributed by atoms with Crippen molar-refractivity contribution in [3.05, 3.63) is 35.4 Å². The smallest absolute Gasteiger partial charge is 0.253 e. The van der Waals surface area contributed by atoms with Gasteiger partial charge in [0.25, 0.3) is 5.91 Å². The molecule has 0 aliphatic rings. The lowest BCUT2D eigenvalue weighted by Crippen LogP contribution is -2.30. The van der Waals surface area contributed by atoms with Gasteiger partial charge in [-0.3, -0.25) is 4.79 Å². The third-order valence-corrected chi connectivity index (χ3v) is 2.62. The summed E-state index contributed by atoms with van der Waals surface area (Å²) in [6, 6.07) is 7.71. The van der Waals surface area contributed by atoms with Gasteiger partial charge in [-0.05, 0) is 36.6 Å². The van der Waals surface area contributed by atoms with Crippen LogP contribution in [0.15, 0.2) is 24.3 Å². The number of benzene rings is 1. The van der Waals surface area contributed by atoms with Crippen molar-refractivity contribution in [2.75, 3.05) is 20.1 Å². The summed E-state index contributed by atoms with van der Waals surface area (Å²) in [5, 5.41) is 0. The molecule has 0 aromatic heterocycles. The fraction of sp³-hybridized carbons (Fsp3) is 0.500. The normalized spacial score (nSPS) is 10.6. The number of nitrogens with two attached hydrogens (primary N) is 1. The monoisotopic (exact) mass is 234 g/mol. The minimum Gasteiger partial charge on any atom is -0.341 e. The quantitative estimate of drug-likeness (QED) is 0.846. The molecular formula is C14H22N2O. The average Bonchev–Trinajstić information content (AvgIpc) is 2.28. The Bertz CT molecular complexity index is 357. The van der Waals surface area contributed by atoms with E-state index in [0.717, 1.165) is 18.5 Å². The first-order valence-electron chi connectivity index (χ1n) is 6.09. The molecule has 0 heterocycles. The maximum absolute atomic E-state index is 12.1. The van der Waals surface area contributed by atoms with E-state index in [-0.39, 0.29) is 5.91 Å². The van der Waals surface area contributed by atoms with E-state index in [1.807, 2.05) is 31.3 Å². The Hall–Kier alpha value is -1.35. The Morgan fingerprint density at radius 2 is 1.88 bits per heavy atom. The van der Waals surface area contributed by atoms with Crippen molar-refractivity contribution in [3.63, 3.8) is 0 Å². The summed E-state index contributed by atoms with van der Waals surface area (Å²) in [5.41, 5.74) is 7.41. The molecule has 0 spiro atoms. The molecule has 17 heavy (non-hydrogen) atoms. The number of hydrogen-bond acceptors (Lipinski definition) is 2. The van der Waals surface area contributed by atoms with Gasteiger partial charge >= 0.3 is 0 Å². The van der Waals surface area contributed by atoms with Crippen LogP contribution in [0.4, 0.5) is 0 Å². The Balaban J connectivity index is 2.69. The number of amides is 1. The summed E-state index contributed by atoms with van der Waals surface area (Å²) < 4.78 is 0. The van der Waals surface area contributed by atoms with Crippen LogP contribution in [-0.4, -0.2) is 30.9 Å². The van der Waals surface area contributed by atoms with Gasteiger partial charge in [-0.15, -0.1) is 0 Å². The van der Waals surface area contributed by atoms with E-state index >= 15 is 0 Å². The molecule has 0 fully saturated rings. The predicted molar refractivity (Wildman–Crippen MR) is 71.0 cm³/mol. The van der Waals surface area contributed by atoms with Crippen LogP contribution in [0.1, 0.15) is 29.8 Å². The Morgan fingerprint density at radius 1 is 1.29 bits per heavy atom. The summed E-state index contributed by atoms with van der Waals surface area (Å²) >= 11 is 0. The van der Waals surface area contributed by atoms with Gasteiger partial charge in [0.2, 0.25) is 0 Å². The molecule has 0 aliphatic heterocycles. The van der Waals surface area contributed by atoms with Crippen molar-refractivity contribution in [1.29, 1.82) is 0 Å². The number of rotatable bonds is 5. The van der Waals surface area contributed by atoms with Gasteiger partial charge in [0.15, 0.2) is 0 Å². The van der Waals surface area contributed by atoms with Crippen LogP contribution in [0.25, 0.3) is 0 Å². The maximum atomic E-state index is 12.1. The van der Waals surface area contributed by atoms with E-state index in [0.29, 0.717) is 12.5 Å². The predicted octanol–water partition coefficient (Wildman–Crippen LogP) is 1.92. The van der Waals surface area contributed by atoms with Crippen molar-refractivity contribution >= 4 is 5.91 Å². The molecule has 1 aromatic carbocycles. The van der Waals surface area contributed by atoms with E-state index in [2.05, 4.69) is 13.8 Å². The van der Waals surface area contributed by atoms with Crippen LogP contribution in [-0.2, 0) is 6.42 Å². The van der Waals surface area contributed by atoms with Gasteiger partial charge in [0.1, 0.15) is 0 Å². The van der Waals surface area contributed by atoms with E-state index in [1.54, 1.807) is 4.90 Å². The Kier molecular flexibility index (Phi) is 5.16. The lowest BCUT2D eigenvalue weighted by Gasteiger charge is -2.19. The summed E-state index contributed by atoms with van der Waals surface area (Å²) in [7, 11) is 1.84. The van der Waals surface area contributed by atoms with Gasteiger partial charge in [0.05, 0.1) is 0 Å². The molecule has 1 aromatic rings. The molecule has 0 unspecified atom stereocenters. The first kappa shape index (κ1) is 13.7. The van der Waals surface area contributed by atoms with Crippen LogP contribution >= 0.6 is 0 Å². The second-order valence-corrected chi connectivity index (χ2v) is 4.82. The fourth-order valence-electron chi connectivity index (χ4n) is 1.83. The molecule has 3 nitrogen and oxygen atoms in total. The van der Waals surface area contributed by atoms with Crippen molar-refractivity contribution in [2.45, 2.75) is 20.3 Å². The van der Waals surface area contributed by atoms with Gasteiger partial charge in [-0.2, -0.15) is 0 Å². The molecule has 0 radical (unpaired) electrons. The molecule has 3 heteroatoms. The standard InChI is InChI=1S/C14H22N2O/c1-11(2)10-16(3)14(17)13-6-4-12(5-7-13)8-9-15/h4-7,11H,8-10,15H2,1-3H3. The minimum absolute atomic E-state index is 0.0815. The number of nitrogens with zero attached hydrogens (tertiary/aromatic N) is 1. The summed E-state index contributed by atoms with van der Waals surface area (Å²) in [6.45, 7) is 5.63. The lowest BCUT2D eigenvalue weighted by molar-refractivity contribution is 0.0779. The SMILES string of the molecule is CC(C)CN(C)C(=O)c1ccc(CCN)cc1. The highest BCUT2D eigenvalue weighted by Gasteiger charge is 2.12. The summed E-state index contributed by atoms with van der Waals surface area (Å²) in [6.07, 6.45) is 0.857. The first-order valence-corrected chi connectivity index (χ1v) is 6.09. The van der Waals surface area contributed by atoms with Crippen molar-refractivity contribution < 1.29 is 4.79 Å². The third-order valence-electron chi connectivity index (χ3n) is 2.62. The summed E-state index contributed by atoms with van der Waals surface area (Å²) in [5.74, 6) is 0.568. The van der Waals surface area contributed by atoms with Gasteiger partial charge in [-0.1, -0.05) is 26.0 Å². The van der Waals surface area contributed by atoms with E-state index in [1.165, 1.54) is 5.56 Å². The van der Waals surface area contributed by atoms with Crippen LogP contribution in [0.5, 0.6) is 0 Å². The fourth-order valence-corrected chi connectivity index (χ4v) is 1.83.